The summed E-state index contributed by atoms with van der Waals surface area (Å²) in [6.07, 6.45) is 15.9. The number of halogens is 1. The van der Waals surface area contributed by atoms with Crippen molar-refractivity contribution in [1.29, 1.82) is 0 Å². The van der Waals surface area contributed by atoms with Crippen molar-refractivity contribution < 1.29 is 19.1 Å². The lowest BCUT2D eigenvalue weighted by Gasteiger charge is -2.15. The van der Waals surface area contributed by atoms with Crippen LogP contribution in [-0.4, -0.2) is 24.6 Å². The van der Waals surface area contributed by atoms with E-state index < -0.39 is 18.0 Å². The summed E-state index contributed by atoms with van der Waals surface area (Å²) in [5, 5.41) is 0.718. The molecule has 4 nitrogen and oxygen atoms in total. The zero-order valence-electron chi connectivity index (χ0n) is 16.9. The van der Waals surface area contributed by atoms with Crippen LogP contribution in [0.2, 0.25) is 0 Å². The van der Waals surface area contributed by atoms with Crippen molar-refractivity contribution in [1.82, 2.24) is 0 Å². The zero-order valence-corrected chi connectivity index (χ0v) is 17.7. The minimum absolute atomic E-state index is 0.387. The highest BCUT2D eigenvalue weighted by molar-refractivity contribution is 6.29. The van der Waals surface area contributed by atoms with Crippen LogP contribution in [0.4, 0.5) is 0 Å². The molecule has 0 bridgehead atoms. The summed E-state index contributed by atoms with van der Waals surface area (Å²) >= 11 is 5.87. The second-order valence-corrected chi connectivity index (χ2v) is 7.69. The average Bonchev–Trinajstić information content (AvgIpc) is 2.66. The third-order valence-corrected chi connectivity index (χ3v) is 5.03. The maximum Gasteiger partial charge on any atom is 0.347 e. The van der Waals surface area contributed by atoms with Crippen LogP contribution < -0.4 is 0 Å². The van der Waals surface area contributed by atoms with Crippen LogP contribution >= 0.6 is 11.6 Å². The van der Waals surface area contributed by atoms with E-state index in [0.717, 1.165) is 17.9 Å². The summed E-state index contributed by atoms with van der Waals surface area (Å²) in [7, 11) is 0. The molecule has 1 atom stereocenters. The van der Waals surface area contributed by atoms with Crippen molar-refractivity contribution in [2.45, 2.75) is 97.0 Å². The second kappa shape index (κ2) is 14.7. The van der Waals surface area contributed by atoms with Gasteiger partial charge in [-0.3, -0.25) is 0 Å². The molecule has 0 N–H and O–H groups in total. The summed E-state index contributed by atoms with van der Waals surface area (Å²) in [5.41, 5.74) is 0.536. The van der Waals surface area contributed by atoms with Crippen LogP contribution in [0, 0.1) is 0 Å². The van der Waals surface area contributed by atoms with Gasteiger partial charge >= 0.3 is 11.9 Å². The number of esters is 2. The van der Waals surface area contributed by atoms with Crippen LogP contribution in [0.1, 0.15) is 90.9 Å². The van der Waals surface area contributed by atoms with E-state index in [0.29, 0.717) is 25.0 Å². The Labute approximate surface area is 169 Å². The van der Waals surface area contributed by atoms with Crippen molar-refractivity contribution in [3.8, 4) is 0 Å². The average molecular weight is 399 g/mol. The number of ether oxygens (including phenoxy) is 2. The summed E-state index contributed by atoms with van der Waals surface area (Å²) in [5.74, 6) is -0.955. The third kappa shape index (κ3) is 11.2. The highest BCUT2D eigenvalue weighted by Crippen LogP contribution is 2.22. The monoisotopic (exact) mass is 398 g/mol. The van der Waals surface area contributed by atoms with Crippen molar-refractivity contribution in [2.24, 2.45) is 0 Å². The molecule has 5 heteroatoms. The van der Waals surface area contributed by atoms with Crippen molar-refractivity contribution in [3.05, 3.63) is 22.8 Å². The van der Waals surface area contributed by atoms with Gasteiger partial charge in [-0.2, -0.15) is 0 Å². The molecule has 1 aliphatic carbocycles. The Balaban J connectivity index is 2.03. The molecule has 0 aromatic carbocycles. The second-order valence-electron chi connectivity index (χ2n) is 7.20. The Morgan fingerprint density at radius 3 is 2.11 bits per heavy atom. The predicted octanol–water partition coefficient (Wildman–Crippen LogP) is 6.23. The number of hydrogen-bond donors (Lipinski definition) is 0. The number of allylic oxidation sites excluding steroid dienone is 3. The van der Waals surface area contributed by atoms with Gasteiger partial charge in [-0.15, -0.1) is 0 Å². The SMILES string of the molecule is CCCCCCCCCCCCOC(=O)C(C)OC(=O)C1=CC=C(Cl)CC1. The molecule has 1 unspecified atom stereocenters. The first-order valence-electron chi connectivity index (χ1n) is 10.5. The Morgan fingerprint density at radius 1 is 0.963 bits per heavy atom. The van der Waals surface area contributed by atoms with Gasteiger partial charge in [0, 0.05) is 10.6 Å². The number of unbranched alkanes of at least 4 members (excludes halogenated alkanes) is 9. The Kier molecular flexibility index (Phi) is 13.0. The smallest absolute Gasteiger partial charge is 0.347 e. The maximum atomic E-state index is 12.0. The lowest BCUT2D eigenvalue weighted by molar-refractivity contribution is -0.164. The molecular formula is C22H35ClO4. The van der Waals surface area contributed by atoms with Crippen molar-refractivity contribution in [3.63, 3.8) is 0 Å². The Bertz CT molecular complexity index is 510. The first-order valence-corrected chi connectivity index (χ1v) is 10.8. The molecule has 1 aliphatic rings. The largest absolute Gasteiger partial charge is 0.463 e. The molecule has 154 valence electrons. The van der Waals surface area contributed by atoms with Gasteiger partial charge in [0.25, 0.3) is 0 Å². The summed E-state index contributed by atoms with van der Waals surface area (Å²) < 4.78 is 10.4. The lowest BCUT2D eigenvalue weighted by atomic mass is 10.1. The quantitative estimate of drug-likeness (QED) is 0.257. The predicted molar refractivity (Wildman–Crippen MR) is 110 cm³/mol. The van der Waals surface area contributed by atoms with Crippen molar-refractivity contribution in [2.75, 3.05) is 6.61 Å². The fraction of sp³-hybridized carbons (Fsp3) is 0.727. The first-order chi connectivity index (χ1) is 13.0. The normalized spacial score (nSPS) is 14.9. The van der Waals surface area contributed by atoms with Crippen LogP contribution in [0.5, 0.6) is 0 Å². The minimum Gasteiger partial charge on any atom is -0.463 e. The molecule has 0 saturated carbocycles. The Hall–Kier alpha value is -1.29. The summed E-state index contributed by atoms with van der Waals surface area (Å²) in [6, 6.07) is 0. The number of hydrogen-bond acceptors (Lipinski definition) is 4. The van der Waals surface area contributed by atoms with E-state index in [4.69, 9.17) is 21.1 Å². The zero-order chi connectivity index (χ0) is 19.9. The molecule has 1 rings (SSSR count). The van der Waals surface area contributed by atoms with Gasteiger partial charge in [-0.1, -0.05) is 82.4 Å². The van der Waals surface area contributed by atoms with Crippen molar-refractivity contribution >= 4 is 23.5 Å². The van der Waals surface area contributed by atoms with Crippen LogP contribution in [0.15, 0.2) is 22.8 Å². The molecule has 0 aromatic heterocycles. The lowest BCUT2D eigenvalue weighted by Crippen LogP contribution is -2.27. The highest BCUT2D eigenvalue weighted by atomic mass is 35.5. The first kappa shape index (κ1) is 23.7. The van der Waals surface area contributed by atoms with Gasteiger partial charge in [0.15, 0.2) is 6.10 Å². The van der Waals surface area contributed by atoms with E-state index >= 15 is 0 Å². The molecule has 0 radical (unpaired) electrons. The molecule has 27 heavy (non-hydrogen) atoms. The van der Waals surface area contributed by atoms with Crippen LogP contribution in [0.25, 0.3) is 0 Å². The van der Waals surface area contributed by atoms with Crippen LogP contribution in [0.3, 0.4) is 0 Å². The van der Waals surface area contributed by atoms with Gasteiger partial charge in [0.1, 0.15) is 0 Å². The molecule has 0 amide bonds. The highest BCUT2D eigenvalue weighted by Gasteiger charge is 2.22. The van der Waals surface area contributed by atoms with E-state index in [9.17, 15) is 9.59 Å². The van der Waals surface area contributed by atoms with E-state index in [1.165, 1.54) is 51.4 Å². The molecular weight excluding hydrogens is 364 g/mol. The molecule has 0 saturated heterocycles. The fourth-order valence-electron chi connectivity index (χ4n) is 2.95. The Morgan fingerprint density at radius 2 is 1.56 bits per heavy atom. The maximum absolute atomic E-state index is 12.0. The topological polar surface area (TPSA) is 52.6 Å². The van der Waals surface area contributed by atoms with Gasteiger partial charge in [-0.25, -0.2) is 9.59 Å². The van der Waals surface area contributed by atoms with Gasteiger partial charge in [-0.05, 0) is 32.3 Å². The standard InChI is InChI=1S/C22H35ClO4/c1-3-4-5-6-7-8-9-10-11-12-17-26-21(24)18(2)27-22(25)19-13-15-20(23)16-14-19/h13,15,18H,3-12,14,16-17H2,1-2H3. The number of carbonyl (C=O) groups excluding carboxylic acids is 2. The van der Waals surface area contributed by atoms with Crippen LogP contribution in [-0.2, 0) is 19.1 Å². The molecule has 0 aromatic rings. The van der Waals surface area contributed by atoms with Gasteiger partial charge in [0.05, 0.1) is 6.61 Å². The van der Waals surface area contributed by atoms with Gasteiger partial charge in [0.2, 0.25) is 0 Å². The minimum atomic E-state index is -0.886. The van der Waals surface area contributed by atoms with E-state index in [2.05, 4.69) is 6.92 Å². The summed E-state index contributed by atoms with van der Waals surface area (Å²) in [6.45, 7) is 4.17. The molecule has 0 spiro atoms. The molecule has 0 fully saturated rings. The van der Waals surface area contributed by atoms with E-state index in [-0.39, 0.29) is 0 Å². The van der Waals surface area contributed by atoms with E-state index in [1.54, 1.807) is 19.1 Å². The third-order valence-electron chi connectivity index (χ3n) is 4.72. The van der Waals surface area contributed by atoms with Gasteiger partial charge < -0.3 is 9.47 Å². The number of rotatable bonds is 14. The molecule has 0 heterocycles. The fourth-order valence-corrected chi connectivity index (χ4v) is 3.10. The molecule has 0 aliphatic heterocycles. The summed E-state index contributed by atoms with van der Waals surface area (Å²) in [4.78, 5) is 23.9. The number of carbonyl (C=O) groups is 2. The van der Waals surface area contributed by atoms with E-state index in [1.807, 2.05) is 0 Å².